The van der Waals surface area contributed by atoms with E-state index in [1.54, 1.807) is 36.0 Å². The molecule has 2 aliphatic heterocycles. The Labute approximate surface area is 178 Å². The van der Waals surface area contributed by atoms with Gasteiger partial charge in [-0.25, -0.2) is 12.8 Å². The third-order valence-corrected chi connectivity index (χ3v) is 9.15. The fourth-order valence-corrected chi connectivity index (χ4v) is 7.01. The molecule has 0 saturated carbocycles. The maximum atomic E-state index is 13.1. The molecule has 0 bridgehead atoms. The van der Waals surface area contributed by atoms with Crippen LogP contribution >= 0.6 is 23.4 Å². The lowest BCUT2D eigenvalue weighted by atomic mass is 10.0. The highest BCUT2D eigenvalue weighted by Crippen LogP contribution is 2.45. The predicted octanol–water partition coefficient (Wildman–Crippen LogP) is 3.85. The molecule has 0 aliphatic carbocycles. The summed E-state index contributed by atoms with van der Waals surface area (Å²) in [5.74, 6) is 0.267. The number of halogens is 2. The number of hydrogen-bond acceptors (Lipinski definition) is 4. The van der Waals surface area contributed by atoms with E-state index in [1.807, 2.05) is 4.90 Å². The fourth-order valence-electron chi connectivity index (χ4n) is 3.92. The molecular formula is C20H20ClFN2O3S2. The number of amides is 1. The third-order valence-electron chi connectivity index (χ3n) is 5.45. The van der Waals surface area contributed by atoms with Crippen LogP contribution in [0.15, 0.2) is 53.4 Å². The highest BCUT2D eigenvalue weighted by atomic mass is 35.5. The summed E-state index contributed by atoms with van der Waals surface area (Å²) in [5, 5.41) is 0.511. The number of nitrogens with zero attached hydrogens (tertiary/aromatic N) is 2. The van der Waals surface area contributed by atoms with Crippen LogP contribution in [0, 0.1) is 5.82 Å². The first-order chi connectivity index (χ1) is 13.8. The molecule has 2 aromatic rings. The second-order valence-corrected chi connectivity index (χ2v) is 11.0. The Kier molecular flexibility index (Phi) is 5.63. The van der Waals surface area contributed by atoms with Crippen molar-refractivity contribution in [3.05, 3.63) is 64.9 Å². The smallest absolute Gasteiger partial charge is 0.255 e. The zero-order valence-corrected chi connectivity index (χ0v) is 17.9. The summed E-state index contributed by atoms with van der Waals surface area (Å²) in [4.78, 5) is 14.6. The molecule has 0 atom stereocenters. The van der Waals surface area contributed by atoms with E-state index in [2.05, 4.69) is 0 Å². The fraction of sp³-hybridized carbons (Fsp3) is 0.350. The van der Waals surface area contributed by atoms with Crippen molar-refractivity contribution in [1.82, 2.24) is 9.21 Å². The molecule has 4 rings (SSSR count). The van der Waals surface area contributed by atoms with Crippen molar-refractivity contribution in [2.24, 2.45) is 0 Å². The standard InChI is InChI=1S/C20H20ClFN2O3S2/c21-16-3-1-2-15(14-16)19(25)24-12-13-28-20(24)8-10-23(11-9-20)29(26,27)18-6-4-17(22)5-7-18/h1-7,14H,8-13H2. The minimum Gasteiger partial charge on any atom is -0.323 e. The van der Waals surface area contributed by atoms with Gasteiger partial charge in [-0.2, -0.15) is 4.31 Å². The van der Waals surface area contributed by atoms with Gasteiger partial charge in [0.1, 0.15) is 5.82 Å². The summed E-state index contributed by atoms with van der Waals surface area (Å²) in [7, 11) is -3.68. The van der Waals surface area contributed by atoms with Crippen LogP contribution in [0.2, 0.25) is 5.02 Å². The van der Waals surface area contributed by atoms with Crippen LogP contribution in [0.5, 0.6) is 0 Å². The van der Waals surface area contributed by atoms with E-state index in [1.165, 1.54) is 16.4 Å². The molecule has 9 heteroatoms. The van der Waals surface area contributed by atoms with Crippen molar-refractivity contribution < 1.29 is 17.6 Å². The molecule has 1 amide bonds. The number of sulfonamides is 1. The van der Waals surface area contributed by atoms with Gasteiger partial charge < -0.3 is 4.90 Å². The zero-order valence-electron chi connectivity index (χ0n) is 15.6. The first-order valence-corrected chi connectivity index (χ1v) is 12.1. The minimum atomic E-state index is -3.68. The SMILES string of the molecule is O=C(c1cccc(Cl)c1)N1CCSC12CCN(S(=O)(=O)c1ccc(F)cc1)CC2. The van der Waals surface area contributed by atoms with E-state index in [9.17, 15) is 17.6 Å². The van der Waals surface area contributed by atoms with E-state index in [-0.39, 0.29) is 10.8 Å². The van der Waals surface area contributed by atoms with Crippen molar-refractivity contribution in [3.8, 4) is 0 Å². The lowest BCUT2D eigenvalue weighted by molar-refractivity contribution is 0.0605. The Morgan fingerprint density at radius 1 is 1.07 bits per heavy atom. The molecule has 154 valence electrons. The van der Waals surface area contributed by atoms with Crippen LogP contribution in [0.1, 0.15) is 23.2 Å². The summed E-state index contributed by atoms with van der Waals surface area (Å²) in [6.45, 7) is 1.25. The third kappa shape index (κ3) is 3.91. The normalized spacial score (nSPS) is 19.6. The Bertz CT molecular complexity index is 1020. The number of carbonyl (C=O) groups excluding carboxylic acids is 1. The van der Waals surface area contributed by atoms with Gasteiger partial charge in [-0.15, -0.1) is 11.8 Å². The lowest BCUT2D eigenvalue weighted by Crippen LogP contribution is -2.53. The number of thioether (sulfide) groups is 1. The van der Waals surface area contributed by atoms with Crippen molar-refractivity contribution in [3.63, 3.8) is 0 Å². The topological polar surface area (TPSA) is 57.7 Å². The van der Waals surface area contributed by atoms with Gasteiger partial charge in [0.2, 0.25) is 10.0 Å². The predicted molar refractivity (Wildman–Crippen MR) is 112 cm³/mol. The average Bonchev–Trinajstić information content (AvgIpc) is 3.11. The van der Waals surface area contributed by atoms with Crippen molar-refractivity contribution in [2.75, 3.05) is 25.4 Å². The van der Waals surface area contributed by atoms with Crippen LogP contribution in [-0.2, 0) is 10.0 Å². The quantitative estimate of drug-likeness (QED) is 0.706. The van der Waals surface area contributed by atoms with Gasteiger partial charge in [0, 0.05) is 36.0 Å². The van der Waals surface area contributed by atoms with Gasteiger partial charge in [0.15, 0.2) is 0 Å². The molecule has 0 aromatic heterocycles. The van der Waals surface area contributed by atoms with Crippen LogP contribution in [-0.4, -0.2) is 53.8 Å². The van der Waals surface area contributed by atoms with E-state index < -0.39 is 20.7 Å². The van der Waals surface area contributed by atoms with Crippen LogP contribution in [0.3, 0.4) is 0 Å². The number of piperidine rings is 1. The van der Waals surface area contributed by atoms with Gasteiger partial charge >= 0.3 is 0 Å². The molecule has 2 aliphatic rings. The van der Waals surface area contributed by atoms with E-state index in [0.29, 0.717) is 43.1 Å². The monoisotopic (exact) mass is 454 g/mol. The van der Waals surface area contributed by atoms with E-state index in [0.717, 1.165) is 17.9 Å². The van der Waals surface area contributed by atoms with Crippen LogP contribution < -0.4 is 0 Å². The summed E-state index contributed by atoms with van der Waals surface area (Å²) >= 11 is 7.75. The summed E-state index contributed by atoms with van der Waals surface area (Å²) in [5.41, 5.74) is 0.542. The van der Waals surface area contributed by atoms with Gasteiger partial charge in [-0.05, 0) is 55.3 Å². The van der Waals surface area contributed by atoms with E-state index >= 15 is 0 Å². The first kappa shape index (κ1) is 20.7. The largest absolute Gasteiger partial charge is 0.323 e. The molecule has 2 saturated heterocycles. The lowest BCUT2D eigenvalue weighted by Gasteiger charge is -2.43. The summed E-state index contributed by atoms with van der Waals surface area (Å²) in [6, 6.07) is 11.8. The van der Waals surface area contributed by atoms with Crippen LogP contribution in [0.4, 0.5) is 4.39 Å². The Morgan fingerprint density at radius 2 is 1.76 bits per heavy atom. The second kappa shape index (κ2) is 7.91. The average molecular weight is 455 g/mol. The summed E-state index contributed by atoms with van der Waals surface area (Å²) in [6.07, 6.45) is 1.09. The van der Waals surface area contributed by atoms with Crippen LogP contribution in [0.25, 0.3) is 0 Å². The molecule has 5 nitrogen and oxygen atoms in total. The number of benzene rings is 2. The molecule has 0 unspecified atom stereocenters. The van der Waals surface area contributed by atoms with Gasteiger partial charge in [0.25, 0.3) is 5.91 Å². The minimum absolute atomic E-state index is 0.0765. The first-order valence-electron chi connectivity index (χ1n) is 9.29. The van der Waals surface area contributed by atoms with Gasteiger partial charge in [-0.1, -0.05) is 17.7 Å². The number of rotatable bonds is 3. The van der Waals surface area contributed by atoms with Crippen molar-refractivity contribution >= 4 is 39.3 Å². The highest BCUT2D eigenvalue weighted by molar-refractivity contribution is 8.00. The van der Waals surface area contributed by atoms with Crippen molar-refractivity contribution in [2.45, 2.75) is 22.6 Å². The number of carbonyl (C=O) groups is 1. The second-order valence-electron chi connectivity index (χ2n) is 7.12. The maximum absolute atomic E-state index is 13.1. The molecular weight excluding hydrogens is 435 g/mol. The molecule has 2 fully saturated rings. The molecule has 0 N–H and O–H groups in total. The molecule has 1 spiro atoms. The van der Waals surface area contributed by atoms with E-state index in [4.69, 9.17) is 11.6 Å². The van der Waals surface area contributed by atoms with Gasteiger partial charge in [0.05, 0.1) is 9.77 Å². The Balaban J connectivity index is 1.51. The number of hydrogen-bond donors (Lipinski definition) is 0. The highest BCUT2D eigenvalue weighted by Gasteiger charge is 2.48. The summed E-state index contributed by atoms with van der Waals surface area (Å²) < 4.78 is 40.3. The molecule has 29 heavy (non-hydrogen) atoms. The zero-order chi connectivity index (χ0) is 20.6. The molecule has 2 heterocycles. The Morgan fingerprint density at radius 3 is 2.41 bits per heavy atom. The van der Waals surface area contributed by atoms with Gasteiger partial charge in [-0.3, -0.25) is 4.79 Å². The molecule has 2 aromatic carbocycles. The van der Waals surface area contributed by atoms with Crippen molar-refractivity contribution in [1.29, 1.82) is 0 Å². The molecule has 0 radical (unpaired) electrons. The Hall–Kier alpha value is -1.61. The maximum Gasteiger partial charge on any atom is 0.255 e.